The van der Waals surface area contributed by atoms with E-state index < -0.39 is 13.9 Å². The SMILES string of the molecule is CCCCCCCCCCCCCC/C=C/O[C@H](COC(=O)CCC/C=C\C/C=C\C/C=C\C/C=C\CCCCCO)COP(=O)(O)O. The molecule has 0 aromatic carbocycles. The number of unbranched alkanes of at least 4 members (excludes halogenated alkanes) is 16. The lowest BCUT2D eigenvalue weighted by Gasteiger charge is -2.17. The van der Waals surface area contributed by atoms with Crippen LogP contribution in [-0.4, -0.2) is 46.8 Å². The Kier molecular flexibility index (Phi) is 34.8. The van der Waals surface area contributed by atoms with E-state index in [2.05, 4.69) is 60.1 Å². The van der Waals surface area contributed by atoms with Crippen molar-refractivity contribution in [2.24, 2.45) is 0 Å². The Morgan fingerprint density at radius 1 is 0.604 bits per heavy atom. The molecule has 0 rings (SSSR count). The van der Waals surface area contributed by atoms with Crippen LogP contribution in [0.4, 0.5) is 0 Å². The van der Waals surface area contributed by atoms with Gasteiger partial charge in [-0.1, -0.05) is 133 Å². The van der Waals surface area contributed by atoms with Crippen LogP contribution in [0.3, 0.4) is 0 Å². The number of esters is 1. The van der Waals surface area contributed by atoms with Crippen LogP contribution in [0, 0.1) is 0 Å². The summed E-state index contributed by atoms with van der Waals surface area (Å²) in [6, 6.07) is 0. The van der Waals surface area contributed by atoms with Gasteiger partial charge in [-0.15, -0.1) is 0 Å². The second-order valence-electron chi connectivity index (χ2n) is 12.3. The molecule has 0 heterocycles. The van der Waals surface area contributed by atoms with E-state index in [1.54, 1.807) is 0 Å². The van der Waals surface area contributed by atoms with Gasteiger partial charge in [-0.2, -0.15) is 0 Å². The number of rotatable bonds is 35. The van der Waals surface area contributed by atoms with Crippen molar-refractivity contribution in [3.8, 4) is 0 Å². The van der Waals surface area contributed by atoms with Gasteiger partial charge in [0.15, 0.2) is 6.10 Å². The Balaban J connectivity index is 4.00. The summed E-state index contributed by atoms with van der Waals surface area (Å²) < 4.78 is 26.6. The fraction of sp³-hybridized carbons (Fsp3) is 0.718. The molecule has 0 radical (unpaired) electrons. The van der Waals surface area contributed by atoms with Crippen LogP contribution in [-0.2, 0) is 23.4 Å². The average molecular weight is 697 g/mol. The van der Waals surface area contributed by atoms with E-state index >= 15 is 0 Å². The van der Waals surface area contributed by atoms with Crippen molar-refractivity contribution < 1.29 is 38.3 Å². The van der Waals surface area contributed by atoms with Gasteiger partial charge in [-0.3, -0.25) is 9.32 Å². The van der Waals surface area contributed by atoms with E-state index in [1.807, 2.05) is 6.08 Å². The first kappa shape index (κ1) is 46.0. The molecule has 0 aliphatic carbocycles. The molecule has 1 atom stereocenters. The monoisotopic (exact) mass is 696 g/mol. The highest BCUT2D eigenvalue weighted by molar-refractivity contribution is 7.46. The molecule has 0 unspecified atom stereocenters. The van der Waals surface area contributed by atoms with Crippen molar-refractivity contribution in [1.29, 1.82) is 0 Å². The number of carbonyl (C=O) groups excluding carboxylic acids is 1. The summed E-state index contributed by atoms with van der Waals surface area (Å²) in [5.74, 6) is -0.378. The lowest BCUT2D eigenvalue weighted by Crippen LogP contribution is -2.25. The van der Waals surface area contributed by atoms with E-state index in [1.165, 1.54) is 76.9 Å². The summed E-state index contributed by atoms with van der Waals surface area (Å²) in [5.41, 5.74) is 0. The summed E-state index contributed by atoms with van der Waals surface area (Å²) in [6.45, 7) is 2.02. The third-order valence-corrected chi connectivity index (χ3v) is 8.20. The van der Waals surface area contributed by atoms with Crippen molar-refractivity contribution in [2.75, 3.05) is 19.8 Å². The summed E-state index contributed by atoms with van der Waals surface area (Å²) in [4.78, 5) is 30.3. The van der Waals surface area contributed by atoms with Gasteiger partial charge in [0.2, 0.25) is 0 Å². The molecule has 0 saturated heterocycles. The Hall–Kier alpha value is -1.96. The molecule has 0 bridgehead atoms. The first-order valence-corrected chi connectivity index (χ1v) is 20.3. The van der Waals surface area contributed by atoms with Gasteiger partial charge >= 0.3 is 13.8 Å². The zero-order valence-electron chi connectivity index (χ0n) is 30.1. The van der Waals surface area contributed by atoms with Gasteiger partial charge in [0.1, 0.15) is 6.61 Å². The van der Waals surface area contributed by atoms with Crippen LogP contribution in [0.25, 0.3) is 0 Å². The molecule has 0 aliphatic rings. The van der Waals surface area contributed by atoms with E-state index in [-0.39, 0.29) is 32.2 Å². The lowest BCUT2D eigenvalue weighted by atomic mass is 10.0. The maximum absolute atomic E-state index is 12.2. The van der Waals surface area contributed by atoms with Gasteiger partial charge in [0.25, 0.3) is 0 Å². The van der Waals surface area contributed by atoms with Gasteiger partial charge in [0, 0.05) is 13.0 Å². The van der Waals surface area contributed by atoms with Crippen molar-refractivity contribution in [1.82, 2.24) is 0 Å². The Morgan fingerprint density at radius 3 is 1.58 bits per heavy atom. The number of hydrogen-bond donors (Lipinski definition) is 3. The van der Waals surface area contributed by atoms with Gasteiger partial charge < -0.3 is 24.4 Å². The molecule has 0 aromatic rings. The number of phosphoric acid groups is 1. The van der Waals surface area contributed by atoms with Gasteiger partial charge in [-0.25, -0.2) is 4.57 Å². The fourth-order valence-electron chi connectivity index (χ4n) is 4.87. The van der Waals surface area contributed by atoms with Crippen LogP contribution < -0.4 is 0 Å². The maximum atomic E-state index is 12.2. The number of carbonyl (C=O) groups is 1. The zero-order chi connectivity index (χ0) is 35.2. The summed E-state index contributed by atoms with van der Waals surface area (Å²) >= 11 is 0. The minimum Gasteiger partial charge on any atom is -0.492 e. The number of phosphoric ester groups is 1. The molecule has 0 amide bonds. The molecule has 0 aromatic heterocycles. The smallest absolute Gasteiger partial charge is 0.469 e. The molecule has 3 N–H and O–H groups in total. The van der Waals surface area contributed by atoms with Crippen molar-refractivity contribution >= 4 is 13.8 Å². The average Bonchev–Trinajstić information content (AvgIpc) is 3.06. The van der Waals surface area contributed by atoms with Gasteiger partial charge in [0.05, 0.1) is 12.9 Å². The molecule has 48 heavy (non-hydrogen) atoms. The number of ether oxygens (including phenoxy) is 2. The minimum absolute atomic E-state index is 0.140. The molecule has 0 saturated carbocycles. The van der Waals surface area contributed by atoms with Crippen LogP contribution in [0.5, 0.6) is 0 Å². The second kappa shape index (κ2) is 36.3. The molecule has 278 valence electrons. The van der Waals surface area contributed by atoms with Crippen molar-refractivity contribution in [3.05, 3.63) is 60.9 Å². The first-order valence-electron chi connectivity index (χ1n) is 18.8. The quantitative estimate of drug-likeness (QED) is 0.0197. The highest BCUT2D eigenvalue weighted by Crippen LogP contribution is 2.35. The largest absolute Gasteiger partial charge is 0.492 e. The molecule has 9 heteroatoms. The normalized spacial score (nSPS) is 13.2. The van der Waals surface area contributed by atoms with E-state index in [9.17, 15) is 9.36 Å². The molecule has 8 nitrogen and oxygen atoms in total. The summed E-state index contributed by atoms with van der Waals surface area (Å²) in [5, 5.41) is 8.76. The molecular weight excluding hydrogens is 627 g/mol. The van der Waals surface area contributed by atoms with Crippen LogP contribution in [0.15, 0.2) is 60.9 Å². The number of hydrogen-bond acceptors (Lipinski definition) is 6. The zero-order valence-corrected chi connectivity index (χ0v) is 31.0. The van der Waals surface area contributed by atoms with Crippen LogP contribution in [0.1, 0.15) is 155 Å². The number of aliphatic hydroxyl groups excluding tert-OH is 1. The molecule has 0 fully saturated rings. The van der Waals surface area contributed by atoms with E-state index in [4.69, 9.17) is 24.4 Å². The lowest BCUT2D eigenvalue weighted by molar-refractivity contribution is -0.147. The third-order valence-electron chi connectivity index (χ3n) is 7.71. The molecule has 0 aliphatic heterocycles. The van der Waals surface area contributed by atoms with Crippen molar-refractivity contribution in [3.63, 3.8) is 0 Å². The highest BCUT2D eigenvalue weighted by Gasteiger charge is 2.20. The van der Waals surface area contributed by atoms with Crippen LogP contribution >= 0.6 is 7.82 Å². The predicted octanol–water partition coefficient (Wildman–Crippen LogP) is 10.7. The third kappa shape index (κ3) is 38.5. The highest BCUT2D eigenvalue weighted by atomic mass is 31.2. The van der Waals surface area contributed by atoms with Gasteiger partial charge in [-0.05, 0) is 70.3 Å². The van der Waals surface area contributed by atoms with Crippen molar-refractivity contribution in [2.45, 2.75) is 161 Å². The molecular formula is C39H69O8P. The Labute approximate surface area is 293 Å². The summed E-state index contributed by atoms with van der Waals surface area (Å²) in [6.07, 6.45) is 44.7. The maximum Gasteiger partial charge on any atom is 0.469 e. The Morgan fingerprint density at radius 2 is 1.06 bits per heavy atom. The van der Waals surface area contributed by atoms with E-state index in [0.717, 1.165) is 64.2 Å². The summed E-state index contributed by atoms with van der Waals surface area (Å²) in [7, 11) is -4.66. The number of aliphatic hydroxyl groups is 1. The Bertz CT molecular complexity index is 906. The first-order chi connectivity index (χ1) is 23.4. The second-order valence-corrected chi connectivity index (χ2v) is 13.6. The fourth-order valence-corrected chi connectivity index (χ4v) is 5.23. The predicted molar refractivity (Wildman–Crippen MR) is 198 cm³/mol. The standard InChI is InChI=1S/C39H69O8P/c1-2-3-4-5-6-7-8-9-17-20-23-26-29-32-35-45-38(37-47-48(42,43)44)36-46-39(41)33-30-27-24-21-18-15-13-11-10-12-14-16-19-22-25-28-31-34-40/h10,12-13,15-16,19,21,24,32,35,38,40H,2-9,11,14,17-18,20,22-23,25-31,33-34,36-37H2,1H3,(H2,42,43,44)/b12-10-,15-13-,19-16-,24-21-,35-32+/t38-/m1/s1. The topological polar surface area (TPSA) is 123 Å². The minimum atomic E-state index is -4.66. The van der Waals surface area contributed by atoms with Crippen LogP contribution in [0.2, 0.25) is 0 Å². The number of allylic oxidation sites excluding steroid dienone is 9. The van der Waals surface area contributed by atoms with E-state index in [0.29, 0.717) is 6.42 Å². The molecule has 0 spiro atoms.